The molecule has 1 unspecified atom stereocenters. The smallest absolute Gasteiger partial charge is 0.197 e. The highest BCUT2D eigenvalue weighted by Crippen LogP contribution is 2.25. The molecule has 0 bridgehead atoms. The van der Waals surface area contributed by atoms with Crippen LogP contribution in [0.3, 0.4) is 0 Å². The van der Waals surface area contributed by atoms with Gasteiger partial charge in [-0.2, -0.15) is 0 Å². The number of nitrogens with zero attached hydrogens (tertiary/aromatic N) is 2. The summed E-state index contributed by atoms with van der Waals surface area (Å²) in [5.74, 6) is 1.11. The predicted octanol–water partition coefficient (Wildman–Crippen LogP) is 3.20. The van der Waals surface area contributed by atoms with Crippen LogP contribution >= 0.6 is 0 Å². The Kier molecular flexibility index (Phi) is 4.17. The van der Waals surface area contributed by atoms with Crippen LogP contribution in [-0.4, -0.2) is 26.3 Å². The Morgan fingerprint density at radius 2 is 2.04 bits per heavy atom. The van der Waals surface area contributed by atoms with Crippen LogP contribution in [0.2, 0.25) is 0 Å². The molecule has 1 N–H and O–H groups in total. The zero-order valence-electron chi connectivity index (χ0n) is 13.6. The number of nitrogens with one attached hydrogen (secondary N) is 1. The number of H-pyrrole nitrogens is 1. The zero-order valence-corrected chi connectivity index (χ0v) is 14.5. The number of aromatic amines is 1. The van der Waals surface area contributed by atoms with Gasteiger partial charge in [0.1, 0.15) is 5.75 Å². The summed E-state index contributed by atoms with van der Waals surface area (Å²) in [5.41, 5.74) is 5.53. The molecule has 2 heterocycles. The van der Waals surface area contributed by atoms with Crippen LogP contribution in [-0.2, 0) is 16.6 Å². The lowest BCUT2D eigenvalue weighted by Crippen LogP contribution is -2.05. The first-order valence-electron chi connectivity index (χ1n) is 7.33. The number of benzene rings is 1. The molecule has 3 rings (SSSR count). The molecule has 0 aliphatic heterocycles. The van der Waals surface area contributed by atoms with Gasteiger partial charge in [0.25, 0.3) is 0 Å². The van der Waals surface area contributed by atoms with E-state index in [1.165, 1.54) is 0 Å². The van der Waals surface area contributed by atoms with Crippen molar-refractivity contribution in [3.05, 3.63) is 46.8 Å². The zero-order chi connectivity index (χ0) is 16.6. The van der Waals surface area contributed by atoms with Crippen LogP contribution in [0.5, 0.6) is 5.75 Å². The van der Waals surface area contributed by atoms with Crippen molar-refractivity contribution in [1.29, 1.82) is 0 Å². The molecule has 1 aromatic carbocycles. The van der Waals surface area contributed by atoms with Crippen molar-refractivity contribution in [2.45, 2.75) is 31.7 Å². The largest absolute Gasteiger partial charge is 0.496 e. The number of hydrogen-bond donors (Lipinski definition) is 1. The first-order valence-corrected chi connectivity index (χ1v) is 8.65. The molecule has 120 valence electrons. The van der Waals surface area contributed by atoms with Crippen molar-refractivity contribution >= 4 is 21.8 Å². The van der Waals surface area contributed by atoms with E-state index in [-0.39, 0.29) is 0 Å². The Bertz CT molecular complexity index is 902. The van der Waals surface area contributed by atoms with Crippen LogP contribution < -0.4 is 4.74 Å². The second-order valence-corrected chi connectivity index (χ2v) is 6.96. The standard InChI is InChI=1S/C17H19N3O2S/c1-10-5-6-13-14(7-10)20-17(19-13)23(21)9-15-12(3)16(22-4)11(2)8-18-15/h5-8H,9H2,1-4H3,(H,19,20). The van der Waals surface area contributed by atoms with Crippen molar-refractivity contribution < 1.29 is 8.95 Å². The number of aryl methyl sites for hydroxylation is 2. The first kappa shape index (κ1) is 15.7. The molecule has 23 heavy (non-hydrogen) atoms. The topological polar surface area (TPSA) is 67.9 Å². The fourth-order valence-electron chi connectivity index (χ4n) is 2.62. The molecule has 2 aromatic heterocycles. The molecule has 1 atom stereocenters. The quantitative estimate of drug-likeness (QED) is 0.798. The number of pyridine rings is 1. The normalized spacial score (nSPS) is 12.5. The van der Waals surface area contributed by atoms with Gasteiger partial charge in [-0.15, -0.1) is 0 Å². The number of hydrogen-bond acceptors (Lipinski definition) is 4. The molecule has 5 nitrogen and oxygen atoms in total. The summed E-state index contributed by atoms with van der Waals surface area (Å²) in [6.07, 6.45) is 1.75. The minimum Gasteiger partial charge on any atom is -0.496 e. The lowest BCUT2D eigenvalue weighted by Gasteiger charge is -2.11. The summed E-state index contributed by atoms with van der Waals surface area (Å²) in [4.78, 5) is 12.0. The number of ether oxygens (including phenoxy) is 1. The highest BCUT2D eigenvalue weighted by atomic mass is 32.2. The number of methoxy groups -OCH3 is 1. The van der Waals surface area contributed by atoms with E-state index in [4.69, 9.17) is 4.74 Å². The van der Waals surface area contributed by atoms with E-state index >= 15 is 0 Å². The predicted molar refractivity (Wildman–Crippen MR) is 91.2 cm³/mol. The van der Waals surface area contributed by atoms with Crippen molar-refractivity contribution in [3.8, 4) is 5.75 Å². The molecule has 3 aromatic rings. The van der Waals surface area contributed by atoms with E-state index in [1.54, 1.807) is 13.3 Å². The fourth-order valence-corrected chi connectivity index (χ4v) is 3.72. The summed E-state index contributed by atoms with van der Waals surface area (Å²) >= 11 is 0. The first-order chi connectivity index (χ1) is 11.0. The second-order valence-electron chi connectivity index (χ2n) is 5.60. The van der Waals surface area contributed by atoms with E-state index in [9.17, 15) is 4.21 Å². The highest BCUT2D eigenvalue weighted by molar-refractivity contribution is 7.84. The van der Waals surface area contributed by atoms with Crippen LogP contribution in [0.15, 0.2) is 29.6 Å². The summed E-state index contributed by atoms with van der Waals surface area (Å²) < 4.78 is 18.0. The van der Waals surface area contributed by atoms with Gasteiger partial charge in [-0.25, -0.2) is 4.98 Å². The van der Waals surface area contributed by atoms with E-state index in [0.29, 0.717) is 10.9 Å². The monoisotopic (exact) mass is 329 g/mol. The Morgan fingerprint density at radius 1 is 1.26 bits per heavy atom. The molecule has 0 spiro atoms. The van der Waals surface area contributed by atoms with Gasteiger partial charge in [0, 0.05) is 17.3 Å². The summed E-state index contributed by atoms with van der Waals surface area (Å²) in [6.45, 7) is 5.90. The SMILES string of the molecule is COc1c(C)cnc(CS(=O)c2nc3ccc(C)cc3[nH]2)c1C. The Labute approximate surface area is 137 Å². The number of aromatic nitrogens is 3. The minimum absolute atomic E-state index is 0.307. The molecule has 0 saturated carbocycles. The van der Waals surface area contributed by atoms with Gasteiger partial charge in [-0.1, -0.05) is 6.07 Å². The van der Waals surface area contributed by atoms with Crippen molar-refractivity contribution in [3.63, 3.8) is 0 Å². The molecular formula is C17H19N3O2S. The van der Waals surface area contributed by atoms with Gasteiger partial charge < -0.3 is 9.72 Å². The fraction of sp³-hybridized carbons (Fsp3) is 0.294. The van der Waals surface area contributed by atoms with E-state index in [0.717, 1.165) is 39.2 Å². The summed E-state index contributed by atoms with van der Waals surface area (Å²) in [7, 11) is 0.351. The third kappa shape index (κ3) is 2.99. The molecule has 6 heteroatoms. The lowest BCUT2D eigenvalue weighted by molar-refractivity contribution is 0.407. The molecule has 0 fully saturated rings. The molecule has 0 radical (unpaired) electrons. The van der Waals surface area contributed by atoms with E-state index in [2.05, 4.69) is 15.0 Å². The number of imidazole rings is 1. The van der Waals surface area contributed by atoms with Gasteiger partial charge in [-0.05, 0) is 38.5 Å². The van der Waals surface area contributed by atoms with Crippen molar-refractivity contribution in [2.24, 2.45) is 0 Å². The molecule has 0 aliphatic rings. The lowest BCUT2D eigenvalue weighted by atomic mass is 10.1. The maximum absolute atomic E-state index is 12.6. The molecule has 0 amide bonds. The van der Waals surface area contributed by atoms with Crippen LogP contribution in [0.25, 0.3) is 11.0 Å². The Morgan fingerprint density at radius 3 is 2.78 bits per heavy atom. The molecule has 0 saturated heterocycles. The highest BCUT2D eigenvalue weighted by Gasteiger charge is 2.16. The second kappa shape index (κ2) is 6.12. The summed E-state index contributed by atoms with van der Waals surface area (Å²) in [5, 5.41) is 0.478. The Balaban J connectivity index is 1.91. The maximum atomic E-state index is 12.6. The molecule has 0 aliphatic carbocycles. The number of fused-ring (bicyclic) bond motifs is 1. The van der Waals surface area contributed by atoms with Gasteiger partial charge >= 0.3 is 0 Å². The third-order valence-electron chi connectivity index (χ3n) is 3.85. The average molecular weight is 329 g/mol. The van der Waals surface area contributed by atoms with E-state index in [1.807, 2.05) is 39.0 Å². The minimum atomic E-state index is -1.29. The van der Waals surface area contributed by atoms with Crippen molar-refractivity contribution in [1.82, 2.24) is 15.0 Å². The van der Waals surface area contributed by atoms with Gasteiger partial charge in [-0.3, -0.25) is 9.19 Å². The van der Waals surface area contributed by atoms with Gasteiger partial charge in [0.2, 0.25) is 0 Å². The maximum Gasteiger partial charge on any atom is 0.197 e. The summed E-state index contributed by atoms with van der Waals surface area (Å²) in [6, 6.07) is 5.92. The van der Waals surface area contributed by atoms with E-state index < -0.39 is 10.8 Å². The van der Waals surface area contributed by atoms with Crippen LogP contribution in [0, 0.1) is 20.8 Å². The average Bonchev–Trinajstić information content (AvgIpc) is 2.93. The third-order valence-corrected chi connectivity index (χ3v) is 5.01. The van der Waals surface area contributed by atoms with Crippen molar-refractivity contribution in [2.75, 3.05) is 7.11 Å². The van der Waals surface area contributed by atoms with Gasteiger partial charge in [0.15, 0.2) is 5.16 Å². The Hall–Kier alpha value is -2.21. The van der Waals surface area contributed by atoms with Crippen LogP contribution in [0.1, 0.15) is 22.4 Å². The van der Waals surface area contributed by atoms with Gasteiger partial charge in [0.05, 0.1) is 40.4 Å². The molecular weight excluding hydrogens is 310 g/mol. The van der Waals surface area contributed by atoms with Crippen LogP contribution in [0.4, 0.5) is 0 Å². The number of rotatable bonds is 4.